The van der Waals surface area contributed by atoms with Crippen LogP contribution in [0.5, 0.6) is 0 Å². The zero-order chi connectivity index (χ0) is 12.3. The molecule has 0 amide bonds. The van der Waals surface area contributed by atoms with Gasteiger partial charge in [0.05, 0.1) is 0 Å². The molecule has 1 rings (SSSR count). The van der Waals surface area contributed by atoms with E-state index in [2.05, 4.69) is 13.8 Å². The average molecular weight is 223 g/mol. The molecule has 0 saturated heterocycles. The standard InChI is InChI=1S/C12H18FN3/c1-8(2)16(3)7-10-5-4-9(12(14)15)6-11(10)13/h4-6,8H,7H2,1-3H3,(H3,14,15). The van der Waals surface area contributed by atoms with E-state index in [0.717, 1.165) is 0 Å². The van der Waals surface area contributed by atoms with Gasteiger partial charge in [0, 0.05) is 23.7 Å². The summed E-state index contributed by atoms with van der Waals surface area (Å²) in [5.74, 6) is -0.414. The molecule has 0 bridgehead atoms. The Kier molecular flexibility index (Phi) is 4.01. The molecule has 0 radical (unpaired) electrons. The van der Waals surface area contributed by atoms with Gasteiger partial charge < -0.3 is 5.73 Å². The van der Waals surface area contributed by atoms with Crippen LogP contribution in [0.3, 0.4) is 0 Å². The van der Waals surface area contributed by atoms with E-state index in [-0.39, 0.29) is 11.7 Å². The van der Waals surface area contributed by atoms with E-state index in [1.807, 2.05) is 11.9 Å². The van der Waals surface area contributed by atoms with E-state index in [0.29, 0.717) is 23.7 Å². The van der Waals surface area contributed by atoms with Gasteiger partial charge in [-0.1, -0.05) is 12.1 Å². The second-order valence-corrected chi connectivity index (χ2v) is 4.23. The van der Waals surface area contributed by atoms with Crippen LogP contribution in [0.25, 0.3) is 0 Å². The quantitative estimate of drug-likeness (QED) is 0.605. The molecule has 0 atom stereocenters. The monoisotopic (exact) mass is 223 g/mol. The van der Waals surface area contributed by atoms with Crippen molar-refractivity contribution in [3.8, 4) is 0 Å². The molecular weight excluding hydrogens is 205 g/mol. The number of hydrogen-bond donors (Lipinski definition) is 2. The fourth-order valence-corrected chi connectivity index (χ4v) is 1.29. The Morgan fingerprint density at radius 2 is 2.12 bits per heavy atom. The first-order chi connectivity index (χ1) is 7.41. The molecule has 0 fully saturated rings. The van der Waals surface area contributed by atoms with Crippen LogP contribution >= 0.6 is 0 Å². The maximum absolute atomic E-state index is 13.7. The number of halogens is 1. The zero-order valence-electron chi connectivity index (χ0n) is 9.92. The van der Waals surface area contributed by atoms with Crippen molar-refractivity contribution >= 4 is 5.84 Å². The van der Waals surface area contributed by atoms with Crippen LogP contribution in [0.15, 0.2) is 18.2 Å². The van der Waals surface area contributed by atoms with E-state index in [4.69, 9.17) is 11.1 Å². The second kappa shape index (κ2) is 5.07. The third kappa shape index (κ3) is 3.03. The number of rotatable bonds is 4. The predicted octanol–water partition coefficient (Wildman–Crippen LogP) is 1.95. The number of hydrogen-bond acceptors (Lipinski definition) is 2. The molecule has 0 aliphatic heterocycles. The Hall–Kier alpha value is -1.42. The number of nitrogens with one attached hydrogen (secondary N) is 1. The summed E-state index contributed by atoms with van der Waals surface area (Å²) in [4.78, 5) is 2.05. The molecular formula is C12H18FN3. The minimum atomic E-state index is -0.305. The maximum Gasteiger partial charge on any atom is 0.128 e. The lowest BCUT2D eigenvalue weighted by Gasteiger charge is -2.21. The van der Waals surface area contributed by atoms with Crippen molar-refractivity contribution in [3.05, 3.63) is 35.1 Å². The normalized spacial score (nSPS) is 11.1. The zero-order valence-corrected chi connectivity index (χ0v) is 9.92. The van der Waals surface area contributed by atoms with Crippen molar-refractivity contribution in [2.24, 2.45) is 5.73 Å². The van der Waals surface area contributed by atoms with Gasteiger partial charge in [0.25, 0.3) is 0 Å². The third-order valence-corrected chi connectivity index (χ3v) is 2.67. The molecule has 0 aliphatic rings. The number of amidine groups is 1. The number of nitrogens with zero attached hydrogens (tertiary/aromatic N) is 1. The summed E-state index contributed by atoms with van der Waals surface area (Å²) < 4.78 is 13.7. The van der Waals surface area contributed by atoms with Gasteiger partial charge in [-0.2, -0.15) is 0 Å². The molecule has 16 heavy (non-hydrogen) atoms. The van der Waals surface area contributed by atoms with E-state index >= 15 is 0 Å². The first-order valence-corrected chi connectivity index (χ1v) is 5.25. The Bertz CT molecular complexity index is 388. The summed E-state index contributed by atoms with van der Waals surface area (Å²) >= 11 is 0. The van der Waals surface area contributed by atoms with E-state index < -0.39 is 0 Å². The summed E-state index contributed by atoms with van der Waals surface area (Å²) in [6.45, 7) is 4.67. The Morgan fingerprint density at radius 3 is 2.56 bits per heavy atom. The number of benzene rings is 1. The van der Waals surface area contributed by atoms with Crippen molar-refractivity contribution in [1.82, 2.24) is 4.90 Å². The molecule has 3 nitrogen and oxygen atoms in total. The molecule has 1 aromatic rings. The van der Waals surface area contributed by atoms with Crippen molar-refractivity contribution in [1.29, 1.82) is 5.41 Å². The highest BCUT2D eigenvalue weighted by atomic mass is 19.1. The van der Waals surface area contributed by atoms with Gasteiger partial charge in [-0.3, -0.25) is 10.3 Å². The van der Waals surface area contributed by atoms with Crippen LogP contribution in [0.4, 0.5) is 4.39 Å². The molecule has 88 valence electrons. The highest BCUT2D eigenvalue weighted by Crippen LogP contribution is 2.13. The van der Waals surface area contributed by atoms with Crippen LogP contribution in [-0.4, -0.2) is 23.8 Å². The summed E-state index contributed by atoms with van der Waals surface area (Å²) in [6.07, 6.45) is 0. The van der Waals surface area contributed by atoms with Gasteiger partial charge in [0.2, 0.25) is 0 Å². The molecule has 1 aromatic carbocycles. The first kappa shape index (κ1) is 12.6. The first-order valence-electron chi connectivity index (χ1n) is 5.25. The molecule has 3 N–H and O–H groups in total. The predicted molar refractivity (Wildman–Crippen MR) is 64.0 cm³/mol. The Balaban J connectivity index is 2.87. The largest absolute Gasteiger partial charge is 0.384 e. The number of nitrogen functional groups attached to an aromatic ring is 1. The Morgan fingerprint density at radius 1 is 1.50 bits per heavy atom. The van der Waals surface area contributed by atoms with Crippen molar-refractivity contribution in [2.45, 2.75) is 26.4 Å². The maximum atomic E-state index is 13.7. The average Bonchev–Trinajstić information content (AvgIpc) is 2.20. The van der Waals surface area contributed by atoms with Crippen LogP contribution in [0.2, 0.25) is 0 Å². The lowest BCUT2D eigenvalue weighted by molar-refractivity contribution is 0.262. The van der Waals surface area contributed by atoms with E-state index in [9.17, 15) is 4.39 Å². The van der Waals surface area contributed by atoms with Gasteiger partial charge in [-0.25, -0.2) is 4.39 Å². The van der Waals surface area contributed by atoms with Gasteiger partial charge in [0.15, 0.2) is 0 Å². The molecule has 0 spiro atoms. The van der Waals surface area contributed by atoms with E-state index in [1.165, 1.54) is 6.07 Å². The summed E-state index contributed by atoms with van der Waals surface area (Å²) in [6, 6.07) is 5.04. The Labute approximate surface area is 95.6 Å². The highest BCUT2D eigenvalue weighted by molar-refractivity contribution is 5.94. The topological polar surface area (TPSA) is 53.1 Å². The SMILES string of the molecule is CC(C)N(C)Cc1ccc(C(=N)N)cc1F. The fraction of sp³-hybridized carbons (Fsp3) is 0.417. The van der Waals surface area contributed by atoms with Gasteiger partial charge in [0.1, 0.15) is 11.7 Å². The highest BCUT2D eigenvalue weighted by Gasteiger charge is 2.09. The molecule has 0 aliphatic carbocycles. The molecule has 0 aromatic heterocycles. The molecule has 0 unspecified atom stereocenters. The van der Waals surface area contributed by atoms with Crippen molar-refractivity contribution < 1.29 is 4.39 Å². The molecule has 0 saturated carbocycles. The minimum absolute atomic E-state index is 0.109. The minimum Gasteiger partial charge on any atom is -0.384 e. The van der Waals surface area contributed by atoms with Crippen LogP contribution in [0.1, 0.15) is 25.0 Å². The van der Waals surface area contributed by atoms with Crippen molar-refractivity contribution in [2.75, 3.05) is 7.05 Å². The lowest BCUT2D eigenvalue weighted by atomic mass is 10.1. The second-order valence-electron chi connectivity index (χ2n) is 4.23. The fourth-order valence-electron chi connectivity index (χ4n) is 1.29. The van der Waals surface area contributed by atoms with Crippen LogP contribution in [-0.2, 0) is 6.54 Å². The summed E-state index contributed by atoms with van der Waals surface area (Å²) in [5, 5.41) is 7.21. The van der Waals surface area contributed by atoms with Gasteiger partial charge in [-0.05, 0) is 27.0 Å². The molecule has 0 heterocycles. The number of nitrogens with two attached hydrogens (primary N) is 1. The van der Waals surface area contributed by atoms with Gasteiger partial charge >= 0.3 is 0 Å². The van der Waals surface area contributed by atoms with Crippen LogP contribution in [0, 0.1) is 11.2 Å². The summed E-state index contributed by atoms with van der Waals surface area (Å²) in [7, 11) is 1.95. The van der Waals surface area contributed by atoms with Crippen molar-refractivity contribution in [3.63, 3.8) is 0 Å². The lowest BCUT2D eigenvalue weighted by Crippen LogP contribution is -2.26. The van der Waals surface area contributed by atoms with Gasteiger partial charge in [-0.15, -0.1) is 0 Å². The smallest absolute Gasteiger partial charge is 0.128 e. The molecule has 4 heteroatoms. The summed E-state index contributed by atoms with van der Waals surface area (Å²) in [5.41, 5.74) is 6.34. The van der Waals surface area contributed by atoms with Crippen LogP contribution < -0.4 is 5.73 Å². The third-order valence-electron chi connectivity index (χ3n) is 2.67. The van der Waals surface area contributed by atoms with E-state index in [1.54, 1.807) is 12.1 Å².